The zero-order valence-electron chi connectivity index (χ0n) is 8.63. The summed E-state index contributed by atoms with van der Waals surface area (Å²) < 4.78 is 6.41. The fraction of sp³-hybridized carbons (Fsp3) is 0.273. The van der Waals surface area contributed by atoms with Crippen molar-refractivity contribution < 1.29 is 9.57 Å². The highest BCUT2D eigenvalue weighted by Crippen LogP contribution is 2.29. The quantitative estimate of drug-likeness (QED) is 0.662. The summed E-state index contributed by atoms with van der Waals surface area (Å²) in [6.07, 6.45) is 0. The minimum Gasteiger partial charge on any atom is -0.488 e. The van der Waals surface area contributed by atoms with Crippen molar-refractivity contribution >= 4 is 15.9 Å². The predicted octanol–water partition coefficient (Wildman–Crippen LogP) is 2.79. The molecule has 0 spiro atoms. The molecule has 0 amide bonds. The number of halogens is 1. The van der Waals surface area contributed by atoms with Gasteiger partial charge in [0.15, 0.2) is 0 Å². The van der Waals surface area contributed by atoms with Crippen molar-refractivity contribution in [2.45, 2.75) is 13.5 Å². The Morgan fingerprint density at radius 3 is 2.87 bits per heavy atom. The Kier molecular flexibility index (Phi) is 4.81. The fourth-order valence-electron chi connectivity index (χ4n) is 1.07. The predicted molar refractivity (Wildman–Crippen MR) is 63.4 cm³/mol. The highest BCUT2D eigenvalue weighted by Gasteiger charge is 2.06. The minimum absolute atomic E-state index is 0.352. The van der Waals surface area contributed by atoms with E-state index in [1.165, 1.54) is 0 Å². The molecule has 82 valence electrons. The van der Waals surface area contributed by atoms with Crippen LogP contribution in [-0.4, -0.2) is 6.61 Å². The normalized spacial score (nSPS) is 10.1. The monoisotopic (exact) mass is 271 g/mol. The lowest BCUT2D eigenvalue weighted by Crippen LogP contribution is -2.02. The lowest BCUT2D eigenvalue weighted by Gasteiger charge is -2.10. The van der Waals surface area contributed by atoms with Crippen molar-refractivity contribution in [2.75, 3.05) is 6.61 Å². The zero-order valence-corrected chi connectivity index (χ0v) is 10.2. The van der Waals surface area contributed by atoms with Gasteiger partial charge in [-0.1, -0.05) is 18.7 Å². The van der Waals surface area contributed by atoms with E-state index in [1.54, 1.807) is 0 Å². The summed E-state index contributed by atoms with van der Waals surface area (Å²) in [5.74, 6) is 5.80. The molecule has 0 saturated heterocycles. The molecule has 0 aliphatic heterocycles. The number of hydrogen-bond acceptors (Lipinski definition) is 3. The van der Waals surface area contributed by atoms with Gasteiger partial charge < -0.3 is 4.74 Å². The standard InChI is InChI=1S/C11H14BrNO2/c1-8(2)6-14-10-5-3-4-9(7-15-13)11(10)12/h3-5H,1,6-7,13H2,2H3. The van der Waals surface area contributed by atoms with Crippen molar-refractivity contribution in [3.8, 4) is 5.75 Å². The average molecular weight is 272 g/mol. The first-order chi connectivity index (χ1) is 7.15. The molecule has 3 nitrogen and oxygen atoms in total. The molecule has 2 N–H and O–H groups in total. The molecule has 15 heavy (non-hydrogen) atoms. The van der Waals surface area contributed by atoms with Gasteiger partial charge in [-0.15, -0.1) is 0 Å². The van der Waals surface area contributed by atoms with Crippen LogP contribution in [0.25, 0.3) is 0 Å². The summed E-state index contributed by atoms with van der Waals surface area (Å²) in [5, 5.41) is 0. The Morgan fingerprint density at radius 2 is 2.27 bits per heavy atom. The van der Waals surface area contributed by atoms with E-state index in [4.69, 9.17) is 10.6 Å². The van der Waals surface area contributed by atoms with Crippen LogP contribution < -0.4 is 10.6 Å². The van der Waals surface area contributed by atoms with E-state index in [2.05, 4.69) is 27.3 Å². The van der Waals surface area contributed by atoms with Crippen LogP contribution in [0.15, 0.2) is 34.8 Å². The van der Waals surface area contributed by atoms with E-state index in [-0.39, 0.29) is 0 Å². The Hall–Kier alpha value is -0.840. The lowest BCUT2D eigenvalue weighted by molar-refractivity contribution is 0.123. The fourth-order valence-corrected chi connectivity index (χ4v) is 1.56. The van der Waals surface area contributed by atoms with Crippen LogP contribution in [0.5, 0.6) is 5.75 Å². The first-order valence-corrected chi connectivity index (χ1v) is 5.30. The molecule has 0 heterocycles. The number of hydrogen-bond donors (Lipinski definition) is 1. The van der Waals surface area contributed by atoms with Gasteiger partial charge in [0.25, 0.3) is 0 Å². The van der Waals surface area contributed by atoms with Gasteiger partial charge in [0.2, 0.25) is 0 Å². The van der Waals surface area contributed by atoms with Crippen molar-refractivity contribution in [3.63, 3.8) is 0 Å². The van der Waals surface area contributed by atoms with Crippen LogP contribution in [0.4, 0.5) is 0 Å². The molecule has 0 aromatic heterocycles. The van der Waals surface area contributed by atoms with Crippen LogP contribution in [0, 0.1) is 0 Å². The molecule has 0 fully saturated rings. The van der Waals surface area contributed by atoms with Gasteiger partial charge in [-0.05, 0) is 40.1 Å². The average Bonchev–Trinajstić information content (AvgIpc) is 2.19. The maximum absolute atomic E-state index is 5.54. The molecule has 0 aliphatic carbocycles. The van der Waals surface area contributed by atoms with Crippen molar-refractivity contribution in [3.05, 3.63) is 40.4 Å². The second-order valence-corrected chi connectivity index (χ2v) is 4.08. The molecule has 0 bridgehead atoms. The second kappa shape index (κ2) is 5.90. The number of benzene rings is 1. The van der Waals surface area contributed by atoms with Gasteiger partial charge in [0, 0.05) is 0 Å². The Bertz CT molecular complexity index is 352. The highest BCUT2D eigenvalue weighted by molar-refractivity contribution is 9.10. The molecule has 0 unspecified atom stereocenters. The first-order valence-electron chi connectivity index (χ1n) is 4.51. The van der Waals surface area contributed by atoms with Crippen molar-refractivity contribution in [1.29, 1.82) is 0 Å². The Balaban J connectivity index is 2.79. The summed E-state index contributed by atoms with van der Waals surface area (Å²) in [7, 11) is 0. The van der Waals surface area contributed by atoms with E-state index in [9.17, 15) is 0 Å². The molecule has 4 heteroatoms. The zero-order chi connectivity index (χ0) is 11.3. The molecular weight excluding hydrogens is 258 g/mol. The first kappa shape index (κ1) is 12.2. The summed E-state index contributed by atoms with van der Waals surface area (Å²) in [6, 6.07) is 5.70. The number of ether oxygens (including phenoxy) is 1. The number of nitrogens with two attached hydrogens (primary N) is 1. The van der Waals surface area contributed by atoms with Gasteiger partial charge >= 0.3 is 0 Å². The van der Waals surface area contributed by atoms with Crippen molar-refractivity contribution in [2.24, 2.45) is 5.90 Å². The van der Waals surface area contributed by atoms with Crippen LogP contribution >= 0.6 is 15.9 Å². The van der Waals surface area contributed by atoms with E-state index < -0.39 is 0 Å². The molecule has 0 saturated carbocycles. The van der Waals surface area contributed by atoms with Crippen LogP contribution in [-0.2, 0) is 11.4 Å². The summed E-state index contributed by atoms with van der Waals surface area (Å²) in [5.41, 5.74) is 1.93. The maximum atomic E-state index is 5.54. The Labute approximate surface area is 98.0 Å². The van der Waals surface area contributed by atoms with Crippen LogP contribution in [0.3, 0.4) is 0 Å². The largest absolute Gasteiger partial charge is 0.488 e. The molecule has 0 aliphatic rings. The van der Waals surface area contributed by atoms with E-state index in [0.717, 1.165) is 21.4 Å². The summed E-state index contributed by atoms with van der Waals surface area (Å²) in [6.45, 7) is 6.55. The number of rotatable bonds is 5. The third kappa shape index (κ3) is 3.66. The topological polar surface area (TPSA) is 44.5 Å². The molecule has 1 rings (SSSR count). The minimum atomic E-state index is 0.352. The van der Waals surface area contributed by atoms with Gasteiger partial charge in [-0.25, -0.2) is 5.90 Å². The highest BCUT2D eigenvalue weighted by atomic mass is 79.9. The van der Waals surface area contributed by atoms with Gasteiger partial charge in [-0.3, -0.25) is 4.84 Å². The molecular formula is C11H14BrNO2. The second-order valence-electron chi connectivity index (χ2n) is 3.29. The van der Waals surface area contributed by atoms with Gasteiger partial charge in [0.05, 0.1) is 11.1 Å². The van der Waals surface area contributed by atoms with E-state index in [0.29, 0.717) is 13.2 Å². The Morgan fingerprint density at radius 1 is 1.53 bits per heavy atom. The summed E-state index contributed by atoms with van der Waals surface area (Å²) in [4.78, 5) is 4.59. The molecule has 0 radical (unpaired) electrons. The molecule has 1 aromatic carbocycles. The van der Waals surface area contributed by atoms with Crippen LogP contribution in [0.1, 0.15) is 12.5 Å². The maximum Gasteiger partial charge on any atom is 0.134 e. The molecule has 0 atom stereocenters. The van der Waals surface area contributed by atoms with E-state index in [1.807, 2.05) is 25.1 Å². The van der Waals surface area contributed by atoms with Gasteiger partial charge in [-0.2, -0.15) is 0 Å². The third-order valence-electron chi connectivity index (χ3n) is 1.76. The molecule has 1 aromatic rings. The van der Waals surface area contributed by atoms with Crippen LogP contribution in [0.2, 0.25) is 0 Å². The smallest absolute Gasteiger partial charge is 0.134 e. The van der Waals surface area contributed by atoms with Gasteiger partial charge in [0.1, 0.15) is 12.4 Å². The SMILES string of the molecule is C=C(C)COc1cccc(CON)c1Br. The van der Waals surface area contributed by atoms with Crippen molar-refractivity contribution in [1.82, 2.24) is 0 Å². The lowest BCUT2D eigenvalue weighted by atomic mass is 10.2. The third-order valence-corrected chi connectivity index (χ3v) is 2.66. The summed E-state index contributed by atoms with van der Waals surface area (Å²) >= 11 is 3.44. The van der Waals surface area contributed by atoms with E-state index >= 15 is 0 Å².